The SMILES string of the molecule is Cc1ccc(S(=O)(=O)C(C)(C)C)cc1.O=C(C(=O)C(F)(F)F)C(F)(F)F. The second-order valence-electron chi connectivity index (χ2n) is 6.08. The van der Waals surface area contributed by atoms with E-state index in [1.165, 1.54) is 0 Å². The predicted octanol–water partition coefficient (Wildman–Crippen LogP) is 3.82. The maximum Gasteiger partial charge on any atom is 0.458 e. The maximum absolute atomic E-state index is 12.0. The van der Waals surface area contributed by atoms with E-state index in [2.05, 4.69) is 0 Å². The molecule has 0 saturated carbocycles. The highest BCUT2D eigenvalue weighted by Gasteiger charge is 2.54. The number of hydrogen-bond donors (Lipinski definition) is 0. The number of carbonyl (C=O) groups is 2. The number of benzene rings is 1. The van der Waals surface area contributed by atoms with E-state index in [9.17, 15) is 44.3 Å². The minimum absolute atomic E-state index is 0.399. The Bertz CT molecular complexity index is 729. The Labute approximate surface area is 146 Å². The van der Waals surface area contributed by atoms with Gasteiger partial charge in [0, 0.05) is 0 Å². The predicted molar refractivity (Wildman–Crippen MR) is 80.2 cm³/mol. The lowest BCUT2D eigenvalue weighted by atomic mass is 10.2. The number of alkyl halides is 6. The van der Waals surface area contributed by atoms with Crippen LogP contribution in [0.25, 0.3) is 0 Å². The van der Waals surface area contributed by atoms with Crippen LogP contribution in [0.4, 0.5) is 26.3 Å². The smallest absolute Gasteiger partial charge is 0.280 e. The van der Waals surface area contributed by atoms with E-state index < -0.39 is 38.5 Å². The molecule has 1 aromatic carbocycles. The molecule has 0 aliphatic heterocycles. The van der Waals surface area contributed by atoms with Crippen LogP contribution in [-0.4, -0.2) is 37.1 Å². The van der Waals surface area contributed by atoms with Crippen molar-refractivity contribution in [2.75, 3.05) is 0 Å². The van der Waals surface area contributed by atoms with Crippen molar-refractivity contribution in [1.82, 2.24) is 0 Å². The first-order valence-electron chi connectivity index (χ1n) is 6.86. The zero-order valence-corrected chi connectivity index (χ0v) is 14.9. The molecule has 0 aromatic heterocycles. The van der Waals surface area contributed by atoms with Gasteiger partial charge in [-0.05, 0) is 39.8 Å². The average molecular weight is 406 g/mol. The van der Waals surface area contributed by atoms with Gasteiger partial charge in [-0.2, -0.15) is 26.3 Å². The van der Waals surface area contributed by atoms with Gasteiger partial charge in [0.2, 0.25) is 0 Å². The van der Waals surface area contributed by atoms with Gasteiger partial charge in [0.05, 0.1) is 9.64 Å². The average Bonchev–Trinajstić information content (AvgIpc) is 2.43. The highest BCUT2D eigenvalue weighted by Crippen LogP contribution is 2.25. The molecule has 0 aliphatic rings. The Kier molecular flexibility index (Phi) is 7.20. The Morgan fingerprint density at radius 2 is 1.08 bits per heavy atom. The molecule has 0 N–H and O–H groups in total. The van der Waals surface area contributed by atoms with E-state index in [4.69, 9.17) is 0 Å². The summed E-state index contributed by atoms with van der Waals surface area (Å²) < 4.78 is 90.2. The van der Waals surface area contributed by atoms with Crippen LogP contribution in [0.3, 0.4) is 0 Å². The Hall–Kier alpha value is -1.91. The standard InChI is InChI=1S/C11H16O2S.C4F6O2/c1-9-5-7-10(8-6-9)14(12,13)11(2,3)4;5-3(6,7)1(11)2(12)4(8,9)10/h5-8H,1-4H3;. The van der Waals surface area contributed by atoms with E-state index >= 15 is 0 Å². The van der Waals surface area contributed by atoms with E-state index in [-0.39, 0.29) is 0 Å². The fourth-order valence-corrected chi connectivity index (χ4v) is 2.53. The van der Waals surface area contributed by atoms with E-state index in [0.717, 1.165) is 5.56 Å². The van der Waals surface area contributed by atoms with Crippen molar-refractivity contribution >= 4 is 21.4 Å². The Morgan fingerprint density at radius 3 is 1.31 bits per heavy atom. The van der Waals surface area contributed by atoms with Crippen LogP contribution in [0.1, 0.15) is 26.3 Å². The first-order valence-corrected chi connectivity index (χ1v) is 8.34. The van der Waals surface area contributed by atoms with Gasteiger partial charge in [-0.3, -0.25) is 9.59 Å². The molecule has 0 spiro atoms. The highest BCUT2D eigenvalue weighted by molar-refractivity contribution is 7.92. The molecule has 0 heterocycles. The van der Waals surface area contributed by atoms with Crippen LogP contribution < -0.4 is 0 Å². The lowest BCUT2D eigenvalue weighted by Crippen LogP contribution is -2.39. The van der Waals surface area contributed by atoms with E-state index in [0.29, 0.717) is 4.90 Å². The summed E-state index contributed by atoms with van der Waals surface area (Å²) in [4.78, 5) is 19.6. The molecule has 0 radical (unpaired) electrons. The molecule has 0 unspecified atom stereocenters. The molecule has 0 amide bonds. The summed E-state index contributed by atoms with van der Waals surface area (Å²) in [6, 6.07) is 6.96. The molecule has 11 heteroatoms. The minimum atomic E-state index is -5.77. The quantitative estimate of drug-likeness (QED) is 0.553. The molecule has 148 valence electrons. The fourth-order valence-electron chi connectivity index (χ4n) is 1.33. The summed E-state index contributed by atoms with van der Waals surface area (Å²) in [5.41, 5.74) is 1.07. The number of Topliss-reactive ketones (excluding diaryl/α,β-unsaturated/α-hetero) is 2. The first-order chi connectivity index (χ1) is 11.3. The molecule has 0 fully saturated rings. The second-order valence-corrected chi connectivity index (χ2v) is 8.79. The lowest BCUT2D eigenvalue weighted by Gasteiger charge is -2.19. The number of halogens is 6. The van der Waals surface area contributed by atoms with Gasteiger partial charge < -0.3 is 0 Å². The van der Waals surface area contributed by atoms with Crippen LogP contribution in [0.2, 0.25) is 0 Å². The van der Waals surface area contributed by atoms with Crippen molar-refractivity contribution in [3.8, 4) is 0 Å². The highest BCUT2D eigenvalue weighted by atomic mass is 32.2. The molecule has 0 bridgehead atoms. The summed E-state index contributed by atoms with van der Waals surface area (Å²) in [7, 11) is -3.19. The van der Waals surface area contributed by atoms with E-state index in [1.807, 2.05) is 19.1 Å². The number of aryl methyl sites for hydroxylation is 1. The van der Waals surface area contributed by atoms with Crippen molar-refractivity contribution in [3.05, 3.63) is 29.8 Å². The molecule has 26 heavy (non-hydrogen) atoms. The van der Waals surface area contributed by atoms with Crippen LogP contribution >= 0.6 is 0 Å². The maximum atomic E-state index is 12.0. The van der Waals surface area contributed by atoms with Crippen molar-refractivity contribution in [3.63, 3.8) is 0 Å². The van der Waals surface area contributed by atoms with Crippen LogP contribution in [0.5, 0.6) is 0 Å². The summed E-state index contributed by atoms with van der Waals surface area (Å²) in [5.74, 6) is -6.81. The van der Waals surface area contributed by atoms with E-state index in [1.54, 1.807) is 32.9 Å². The molecular weight excluding hydrogens is 390 g/mol. The second kappa shape index (κ2) is 7.77. The van der Waals surface area contributed by atoms with Gasteiger partial charge in [-0.1, -0.05) is 17.7 Å². The molecule has 0 saturated heterocycles. The molecule has 1 aromatic rings. The summed E-state index contributed by atoms with van der Waals surface area (Å²) >= 11 is 0. The molecule has 0 aliphatic carbocycles. The van der Waals surface area contributed by atoms with Gasteiger partial charge in [0.1, 0.15) is 0 Å². The topological polar surface area (TPSA) is 68.3 Å². The fraction of sp³-hybridized carbons (Fsp3) is 0.467. The number of carbonyl (C=O) groups excluding carboxylic acids is 2. The van der Waals surface area contributed by atoms with Crippen LogP contribution in [0, 0.1) is 6.92 Å². The third-order valence-electron chi connectivity index (χ3n) is 2.86. The van der Waals surface area contributed by atoms with Gasteiger partial charge in [0.15, 0.2) is 9.84 Å². The summed E-state index contributed by atoms with van der Waals surface area (Å²) in [6.07, 6.45) is -11.5. The van der Waals surface area contributed by atoms with Crippen molar-refractivity contribution < 1.29 is 44.3 Å². The number of rotatable bonds is 2. The monoisotopic (exact) mass is 406 g/mol. The lowest BCUT2D eigenvalue weighted by molar-refractivity contribution is -0.193. The summed E-state index contributed by atoms with van der Waals surface area (Å²) in [6.45, 7) is 7.07. The minimum Gasteiger partial charge on any atom is -0.280 e. The number of ketones is 2. The number of sulfone groups is 1. The Balaban J connectivity index is 0.000000488. The summed E-state index contributed by atoms with van der Waals surface area (Å²) in [5, 5.41) is 0. The van der Waals surface area contributed by atoms with Crippen molar-refractivity contribution in [1.29, 1.82) is 0 Å². The van der Waals surface area contributed by atoms with Crippen molar-refractivity contribution in [2.45, 2.75) is 49.7 Å². The Morgan fingerprint density at radius 1 is 0.769 bits per heavy atom. The van der Waals surface area contributed by atoms with Gasteiger partial charge in [-0.15, -0.1) is 0 Å². The molecule has 1 rings (SSSR count). The zero-order chi connectivity index (χ0) is 21.1. The number of hydrogen-bond acceptors (Lipinski definition) is 4. The van der Waals surface area contributed by atoms with Crippen LogP contribution in [0.15, 0.2) is 29.2 Å². The first kappa shape index (κ1) is 24.1. The third kappa shape index (κ3) is 6.43. The van der Waals surface area contributed by atoms with Gasteiger partial charge in [-0.25, -0.2) is 8.42 Å². The van der Waals surface area contributed by atoms with Gasteiger partial charge in [0.25, 0.3) is 0 Å². The van der Waals surface area contributed by atoms with Crippen molar-refractivity contribution in [2.24, 2.45) is 0 Å². The molecule has 0 atom stereocenters. The normalized spacial score (nSPS) is 12.8. The third-order valence-corrected chi connectivity index (χ3v) is 5.36. The zero-order valence-electron chi connectivity index (χ0n) is 14.1. The van der Waals surface area contributed by atoms with Gasteiger partial charge >= 0.3 is 23.9 Å². The molecule has 4 nitrogen and oxygen atoms in total. The molecular formula is C15H16F6O4S. The van der Waals surface area contributed by atoms with Crippen LogP contribution in [-0.2, 0) is 19.4 Å². The largest absolute Gasteiger partial charge is 0.458 e.